The van der Waals surface area contributed by atoms with Gasteiger partial charge in [0.2, 0.25) is 12.3 Å². The minimum absolute atomic E-state index is 0.00694. The first kappa shape index (κ1) is 41.8. The van der Waals surface area contributed by atoms with Crippen LogP contribution in [-0.4, -0.2) is 32.2 Å². The van der Waals surface area contributed by atoms with E-state index in [1.807, 2.05) is 13.8 Å². The van der Waals surface area contributed by atoms with Crippen molar-refractivity contribution >= 4 is 0 Å². The van der Waals surface area contributed by atoms with Gasteiger partial charge in [0.25, 0.3) is 0 Å². The molecule has 0 radical (unpaired) electrons. The van der Waals surface area contributed by atoms with Crippen LogP contribution in [0.5, 0.6) is 0 Å². The van der Waals surface area contributed by atoms with Gasteiger partial charge in [-0.25, -0.2) is 22.0 Å². The predicted octanol–water partition coefficient (Wildman–Crippen LogP) is 10.3. The maximum Gasteiger partial charge on any atom is 0.245 e. The van der Waals surface area contributed by atoms with E-state index in [1.54, 1.807) is 41.7 Å². The van der Waals surface area contributed by atoms with Gasteiger partial charge in [0, 0.05) is 26.6 Å². The zero-order chi connectivity index (χ0) is 27.1. The van der Waals surface area contributed by atoms with Crippen molar-refractivity contribution in [2.45, 2.75) is 128 Å². The quantitative estimate of drug-likeness (QED) is 0.314. The lowest BCUT2D eigenvalue weighted by atomic mass is 10.1. The average molecular weight is 481 g/mol. The Balaban J connectivity index is -0.0000000958. The van der Waals surface area contributed by atoms with E-state index in [2.05, 4.69) is 34.6 Å². The number of rotatable bonds is 8. The van der Waals surface area contributed by atoms with Gasteiger partial charge in [-0.15, -0.1) is 0 Å². The molecule has 6 heteroatoms. The van der Waals surface area contributed by atoms with Gasteiger partial charge >= 0.3 is 0 Å². The van der Waals surface area contributed by atoms with Gasteiger partial charge in [-0.2, -0.15) is 0 Å². The largest absolute Gasteiger partial charge is 0.384 e. The Morgan fingerprint density at radius 2 is 1.03 bits per heavy atom. The molecule has 0 aromatic rings. The summed E-state index contributed by atoms with van der Waals surface area (Å²) < 4.78 is 63.1. The van der Waals surface area contributed by atoms with Crippen molar-refractivity contribution in [3.05, 3.63) is 0 Å². The maximum absolute atomic E-state index is 12.0. The van der Waals surface area contributed by atoms with Gasteiger partial charge in [-0.3, -0.25) is 0 Å². The summed E-state index contributed by atoms with van der Waals surface area (Å²) in [6.07, 6.45) is -1.45. The van der Waals surface area contributed by atoms with Crippen LogP contribution in [-0.2, 0) is 4.74 Å². The second-order valence-corrected chi connectivity index (χ2v) is 10.3. The summed E-state index contributed by atoms with van der Waals surface area (Å²) in [5, 5.41) is 0. The molecule has 1 atom stereocenters. The van der Waals surface area contributed by atoms with Crippen molar-refractivity contribution < 1.29 is 26.7 Å². The van der Waals surface area contributed by atoms with Crippen molar-refractivity contribution in [2.75, 3.05) is 13.7 Å². The summed E-state index contributed by atoms with van der Waals surface area (Å²) in [6, 6.07) is 0. The Labute approximate surface area is 198 Å². The Morgan fingerprint density at radius 3 is 1.03 bits per heavy atom. The lowest BCUT2D eigenvalue weighted by Crippen LogP contribution is -2.12. The van der Waals surface area contributed by atoms with Gasteiger partial charge in [0.05, 0.1) is 6.17 Å². The third kappa shape index (κ3) is 78.2. The van der Waals surface area contributed by atoms with E-state index >= 15 is 0 Å². The Kier molecular flexibility index (Phi) is 35.1. The molecule has 0 bridgehead atoms. The number of ether oxygens (including phenoxy) is 1. The van der Waals surface area contributed by atoms with Gasteiger partial charge < -0.3 is 4.74 Å². The van der Waals surface area contributed by atoms with Crippen molar-refractivity contribution in [3.63, 3.8) is 0 Å². The Bertz CT molecular complexity index is 311. The highest BCUT2D eigenvalue weighted by Crippen LogP contribution is 2.21. The molecular weight excluding hydrogens is 423 g/mol. The summed E-state index contributed by atoms with van der Waals surface area (Å²) in [6.45, 7) is 25.2. The van der Waals surface area contributed by atoms with Gasteiger partial charge in [-0.05, 0) is 43.4 Å². The summed E-state index contributed by atoms with van der Waals surface area (Å²) in [4.78, 5) is 0. The van der Waals surface area contributed by atoms with Crippen molar-refractivity contribution in [1.29, 1.82) is 0 Å². The van der Waals surface area contributed by atoms with Gasteiger partial charge in [0.1, 0.15) is 0 Å². The van der Waals surface area contributed by atoms with Crippen LogP contribution in [0.1, 0.15) is 109 Å². The molecule has 0 heterocycles. The van der Waals surface area contributed by atoms with Crippen LogP contribution < -0.4 is 0 Å². The van der Waals surface area contributed by atoms with E-state index in [4.69, 9.17) is 4.74 Å². The molecule has 0 amide bonds. The molecule has 1 unspecified atom stereocenters. The monoisotopic (exact) mass is 480 g/mol. The molecule has 0 saturated heterocycles. The zero-order valence-corrected chi connectivity index (χ0v) is 23.7. The first-order chi connectivity index (χ1) is 14.2. The minimum atomic E-state index is -2.48. The fourth-order valence-electron chi connectivity index (χ4n) is 1.41. The first-order valence-corrected chi connectivity index (χ1v) is 12.0. The van der Waals surface area contributed by atoms with E-state index in [9.17, 15) is 22.0 Å². The SMILES string of the molecule is CC(C)C(C)F.CC(C)CC(C)(F)F.CC(C)CC(F)F.CCC(C)C.COCC(C)C. The average Bonchev–Trinajstić information content (AvgIpc) is 2.53. The fourth-order valence-corrected chi connectivity index (χ4v) is 1.41. The smallest absolute Gasteiger partial charge is 0.245 e. The van der Waals surface area contributed by atoms with Crippen molar-refractivity contribution in [3.8, 4) is 0 Å². The van der Waals surface area contributed by atoms with Gasteiger partial charge in [-0.1, -0.05) is 82.6 Å². The van der Waals surface area contributed by atoms with Crippen LogP contribution >= 0.6 is 0 Å². The van der Waals surface area contributed by atoms with Crippen LogP contribution in [0.2, 0.25) is 0 Å². The third-order valence-corrected chi connectivity index (χ3v) is 3.65. The molecule has 32 heavy (non-hydrogen) atoms. The highest BCUT2D eigenvalue weighted by Gasteiger charge is 2.21. The first-order valence-electron chi connectivity index (χ1n) is 12.0. The molecule has 0 aromatic heterocycles. The van der Waals surface area contributed by atoms with Gasteiger partial charge in [0.15, 0.2) is 0 Å². The normalized spacial score (nSPS) is 11.9. The number of alkyl halides is 5. The number of methoxy groups -OCH3 is 1. The van der Waals surface area contributed by atoms with Crippen molar-refractivity contribution in [1.82, 2.24) is 0 Å². The second kappa shape index (κ2) is 26.9. The molecule has 0 saturated carbocycles. The maximum atomic E-state index is 12.0. The molecule has 202 valence electrons. The van der Waals surface area contributed by atoms with E-state index in [1.165, 1.54) is 6.42 Å². The molecule has 0 spiro atoms. The highest BCUT2D eigenvalue weighted by atomic mass is 19.3. The Hall–Kier alpha value is -0.390. The number of halogens is 5. The summed E-state index contributed by atoms with van der Waals surface area (Å²) in [5.74, 6) is -0.515. The highest BCUT2D eigenvalue weighted by molar-refractivity contribution is 4.59. The molecular formula is C26H57F5O. The molecule has 1 nitrogen and oxygen atoms in total. The lowest BCUT2D eigenvalue weighted by molar-refractivity contribution is 0.000971. The topological polar surface area (TPSA) is 9.23 Å². The molecule has 0 aliphatic heterocycles. The zero-order valence-electron chi connectivity index (χ0n) is 23.7. The molecule has 0 N–H and O–H groups in total. The predicted molar refractivity (Wildman–Crippen MR) is 133 cm³/mol. The van der Waals surface area contributed by atoms with Crippen molar-refractivity contribution in [2.24, 2.45) is 29.6 Å². The fraction of sp³-hybridized carbons (Fsp3) is 1.00. The molecule has 0 fully saturated rings. The van der Waals surface area contributed by atoms with Crippen LogP contribution in [0, 0.1) is 29.6 Å². The molecule has 0 aromatic carbocycles. The summed E-state index contributed by atoms with van der Waals surface area (Å²) >= 11 is 0. The number of hydrogen-bond donors (Lipinski definition) is 0. The van der Waals surface area contributed by atoms with E-state index in [0.29, 0.717) is 5.92 Å². The van der Waals surface area contributed by atoms with Crippen LogP contribution in [0.3, 0.4) is 0 Å². The lowest BCUT2D eigenvalue weighted by Gasteiger charge is -2.11. The standard InChI is InChI=1S/C6H12F2.C5H10F2.C5H11F.C5H12O.C5H12/c1-5(2)4-6(3,7)8;1-4(2)3-5(6)7;1-4(2)5(3)6;1-5(2)4-6-3;1-4-5(2)3/h5H,4H2,1-3H3;4-5H,3H2,1-2H3;4-5H,1-3H3;5H,4H2,1-3H3;5H,4H2,1-3H3. The van der Waals surface area contributed by atoms with E-state index < -0.39 is 18.5 Å². The van der Waals surface area contributed by atoms with Crippen LogP contribution in [0.4, 0.5) is 22.0 Å². The third-order valence-electron chi connectivity index (χ3n) is 3.65. The van der Waals surface area contributed by atoms with Crippen LogP contribution in [0.15, 0.2) is 0 Å². The van der Waals surface area contributed by atoms with E-state index in [-0.39, 0.29) is 30.6 Å². The number of hydrogen-bond acceptors (Lipinski definition) is 1. The Morgan fingerprint density at radius 1 is 0.688 bits per heavy atom. The van der Waals surface area contributed by atoms with E-state index in [0.717, 1.165) is 19.4 Å². The molecule has 0 rings (SSSR count). The minimum Gasteiger partial charge on any atom is -0.384 e. The van der Waals surface area contributed by atoms with Crippen LogP contribution in [0.25, 0.3) is 0 Å². The molecule has 0 aliphatic carbocycles. The summed E-state index contributed by atoms with van der Waals surface area (Å²) in [7, 11) is 1.72. The molecule has 0 aliphatic rings. The second-order valence-electron chi connectivity index (χ2n) is 10.3. The summed E-state index contributed by atoms with van der Waals surface area (Å²) in [5.41, 5.74) is 0.